The monoisotopic (exact) mass is 342 g/mol. The molecule has 8 heteroatoms. The van der Waals surface area contributed by atoms with Crippen LogP contribution in [0.25, 0.3) is 0 Å². The average Bonchev–Trinajstić information content (AvgIpc) is 2.55. The molecule has 0 spiro atoms. The fourth-order valence-electron chi connectivity index (χ4n) is 2.64. The van der Waals surface area contributed by atoms with Crippen LogP contribution in [0.4, 0.5) is 4.79 Å². The second-order valence-electron chi connectivity index (χ2n) is 5.45. The van der Waals surface area contributed by atoms with E-state index in [0.29, 0.717) is 24.4 Å². The van der Waals surface area contributed by atoms with Crippen molar-refractivity contribution in [3.05, 3.63) is 23.3 Å². The van der Waals surface area contributed by atoms with Gasteiger partial charge in [-0.25, -0.2) is 13.2 Å². The number of piperazine rings is 1. The second kappa shape index (κ2) is 6.76. The molecule has 1 amide bonds. The van der Waals surface area contributed by atoms with Crippen LogP contribution in [0, 0.1) is 13.8 Å². The largest absolute Gasteiger partial charge is 0.496 e. The van der Waals surface area contributed by atoms with Gasteiger partial charge in [0.2, 0.25) is 10.0 Å². The Labute approximate surface area is 136 Å². The van der Waals surface area contributed by atoms with E-state index in [1.807, 2.05) is 6.92 Å². The van der Waals surface area contributed by atoms with Crippen LogP contribution in [-0.4, -0.2) is 64.1 Å². The van der Waals surface area contributed by atoms with E-state index in [2.05, 4.69) is 4.74 Å². The predicted molar refractivity (Wildman–Crippen MR) is 85.2 cm³/mol. The van der Waals surface area contributed by atoms with Gasteiger partial charge in [-0.3, -0.25) is 0 Å². The van der Waals surface area contributed by atoms with E-state index < -0.39 is 16.1 Å². The average molecular weight is 342 g/mol. The van der Waals surface area contributed by atoms with Gasteiger partial charge in [0.15, 0.2) is 0 Å². The molecule has 1 fully saturated rings. The van der Waals surface area contributed by atoms with Crippen molar-refractivity contribution in [1.82, 2.24) is 9.21 Å². The van der Waals surface area contributed by atoms with Gasteiger partial charge in [-0.1, -0.05) is 0 Å². The molecule has 0 bridgehead atoms. The number of methoxy groups -OCH3 is 2. The van der Waals surface area contributed by atoms with Crippen molar-refractivity contribution in [3.8, 4) is 5.75 Å². The molecule has 1 aliphatic heterocycles. The van der Waals surface area contributed by atoms with Crippen molar-refractivity contribution < 1.29 is 22.7 Å². The third-order valence-corrected chi connectivity index (χ3v) is 6.02. The topological polar surface area (TPSA) is 76.2 Å². The first-order chi connectivity index (χ1) is 10.8. The predicted octanol–water partition coefficient (Wildman–Crippen LogP) is 1.38. The zero-order valence-corrected chi connectivity index (χ0v) is 14.6. The summed E-state index contributed by atoms with van der Waals surface area (Å²) >= 11 is 0. The standard InChI is InChI=1S/C15H22N2O5S/c1-11-10-14(12(2)9-13(11)21-3)23(19,20)17-7-5-16(6-8-17)15(18)22-4/h9-10H,5-8H2,1-4H3. The summed E-state index contributed by atoms with van der Waals surface area (Å²) in [6, 6.07) is 3.36. The van der Waals surface area contributed by atoms with Gasteiger partial charge in [0.25, 0.3) is 0 Å². The number of hydrogen-bond donors (Lipinski definition) is 0. The van der Waals surface area contributed by atoms with Crippen LogP contribution in [0.2, 0.25) is 0 Å². The molecule has 128 valence electrons. The number of carbonyl (C=O) groups excluding carboxylic acids is 1. The third kappa shape index (κ3) is 3.42. The Bertz CT molecular complexity index is 694. The molecular formula is C15H22N2O5S. The van der Waals surface area contributed by atoms with Crippen LogP contribution < -0.4 is 4.74 Å². The minimum absolute atomic E-state index is 0.252. The van der Waals surface area contributed by atoms with E-state index >= 15 is 0 Å². The number of aryl methyl sites for hydroxylation is 2. The minimum atomic E-state index is -3.60. The lowest BCUT2D eigenvalue weighted by molar-refractivity contribution is 0.108. The number of rotatable bonds is 3. The first-order valence-corrected chi connectivity index (χ1v) is 8.73. The maximum Gasteiger partial charge on any atom is 0.409 e. The van der Waals surface area contributed by atoms with Crippen LogP contribution in [0.15, 0.2) is 17.0 Å². The number of sulfonamides is 1. The Morgan fingerprint density at radius 3 is 2.17 bits per heavy atom. The van der Waals surface area contributed by atoms with Gasteiger partial charge in [-0.05, 0) is 37.1 Å². The lowest BCUT2D eigenvalue weighted by Gasteiger charge is -2.33. The molecule has 1 saturated heterocycles. The normalized spacial score (nSPS) is 16.3. The summed E-state index contributed by atoms with van der Waals surface area (Å²) in [5.41, 5.74) is 1.41. The zero-order valence-electron chi connectivity index (χ0n) is 13.8. The van der Waals surface area contributed by atoms with Crippen LogP contribution in [0.3, 0.4) is 0 Å². The number of amides is 1. The Morgan fingerprint density at radius 2 is 1.65 bits per heavy atom. The van der Waals surface area contributed by atoms with Gasteiger partial charge < -0.3 is 14.4 Å². The van der Waals surface area contributed by atoms with Gasteiger partial charge >= 0.3 is 6.09 Å². The number of ether oxygens (including phenoxy) is 2. The minimum Gasteiger partial charge on any atom is -0.496 e. The quantitative estimate of drug-likeness (QED) is 0.829. The number of hydrogen-bond acceptors (Lipinski definition) is 5. The molecule has 0 aromatic heterocycles. The molecule has 7 nitrogen and oxygen atoms in total. The summed E-state index contributed by atoms with van der Waals surface area (Å²) < 4.78 is 37.0. The molecule has 1 heterocycles. The highest BCUT2D eigenvalue weighted by Crippen LogP contribution is 2.28. The van der Waals surface area contributed by atoms with Crippen molar-refractivity contribution in [3.63, 3.8) is 0 Å². The Hall–Kier alpha value is -1.80. The van der Waals surface area contributed by atoms with Gasteiger partial charge in [0.05, 0.1) is 19.1 Å². The van der Waals surface area contributed by atoms with Crippen molar-refractivity contribution in [2.75, 3.05) is 40.4 Å². The molecule has 0 saturated carbocycles. The molecule has 1 aromatic carbocycles. The van der Waals surface area contributed by atoms with E-state index in [0.717, 1.165) is 5.56 Å². The Morgan fingerprint density at radius 1 is 1.04 bits per heavy atom. The number of carbonyl (C=O) groups is 1. The molecule has 0 unspecified atom stereocenters. The summed E-state index contributed by atoms with van der Waals surface area (Å²) in [7, 11) is -0.725. The summed E-state index contributed by atoms with van der Waals surface area (Å²) in [6.07, 6.45) is -0.432. The molecule has 0 atom stereocenters. The summed E-state index contributed by atoms with van der Waals surface area (Å²) in [4.78, 5) is 13.3. The maximum absolute atomic E-state index is 12.9. The van der Waals surface area contributed by atoms with Crippen LogP contribution in [0.5, 0.6) is 5.75 Å². The van der Waals surface area contributed by atoms with Crippen LogP contribution in [0.1, 0.15) is 11.1 Å². The lowest BCUT2D eigenvalue weighted by Crippen LogP contribution is -2.50. The van der Waals surface area contributed by atoms with Gasteiger partial charge in [-0.2, -0.15) is 4.31 Å². The van der Waals surface area contributed by atoms with E-state index in [9.17, 15) is 13.2 Å². The maximum atomic E-state index is 12.9. The first kappa shape index (κ1) is 17.6. The smallest absolute Gasteiger partial charge is 0.409 e. The summed E-state index contributed by atoms with van der Waals surface area (Å²) in [6.45, 7) is 4.70. The van der Waals surface area contributed by atoms with E-state index in [1.165, 1.54) is 16.3 Å². The molecule has 0 radical (unpaired) electrons. The molecule has 2 rings (SSSR count). The zero-order chi connectivity index (χ0) is 17.2. The van der Waals surface area contributed by atoms with E-state index in [4.69, 9.17) is 4.74 Å². The molecule has 1 aliphatic rings. The highest BCUT2D eigenvalue weighted by atomic mass is 32.2. The molecular weight excluding hydrogens is 320 g/mol. The van der Waals surface area contributed by atoms with Crippen LogP contribution in [-0.2, 0) is 14.8 Å². The summed E-state index contributed by atoms with van der Waals surface area (Å²) in [5, 5.41) is 0. The lowest BCUT2D eigenvalue weighted by atomic mass is 10.1. The number of nitrogens with zero attached hydrogens (tertiary/aromatic N) is 2. The van der Waals surface area contributed by atoms with Crippen molar-refractivity contribution >= 4 is 16.1 Å². The SMILES string of the molecule is COC(=O)N1CCN(S(=O)(=O)c2cc(C)c(OC)cc2C)CC1. The molecule has 1 aromatic rings. The van der Waals surface area contributed by atoms with Crippen molar-refractivity contribution in [2.24, 2.45) is 0 Å². The second-order valence-corrected chi connectivity index (χ2v) is 7.35. The van der Waals surface area contributed by atoms with Gasteiger partial charge in [0, 0.05) is 26.2 Å². The Balaban J connectivity index is 2.24. The fourth-order valence-corrected chi connectivity index (χ4v) is 4.35. The third-order valence-electron chi connectivity index (χ3n) is 3.98. The fraction of sp³-hybridized carbons (Fsp3) is 0.533. The van der Waals surface area contributed by atoms with E-state index in [1.54, 1.807) is 26.2 Å². The highest BCUT2D eigenvalue weighted by molar-refractivity contribution is 7.89. The highest BCUT2D eigenvalue weighted by Gasteiger charge is 2.31. The van der Waals surface area contributed by atoms with E-state index in [-0.39, 0.29) is 18.0 Å². The van der Waals surface area contributed by atoms with Crippen molar-refractivity contribution in [2.45, 2.75) is 18.7 Å². The molecule has 23 heavy (non-hydrogen) atoms. The first-order valence-electron chi connectivity index (χ1n) is 7.29. The Kier molecular flexibility index (Phi) is 5.16. The van der Waals surface area contributed by atoms with Crippen molar-refractivity contribution in [1.29, 1.82) is 0 Å². The van der Waals surface area contributed by atoms with Gasteiger partial charge in [0.1, 0.15) is 5.75 Å². The molecule has 0 aliphatic carbocycles. The van der Waals surface area contributed by atoms with Crippen LogP contribution >= 0.6 is 0 Å². The number of benzene rings is 1. The van der Waals surface area contributed by atoms with Gasteiger partial charge in [-0.15, -0.1) is 0 Å². The molecule has 0 N–H and O–H groups in total. The summed E-state index contributed by atoms with van der Waals surface area (Å²) in [5.74, 6) is 0.664.